The van der Waals surface area contributed by atoms with Gasteiger partial charge in [0.1, 0.15) is 0 Å². The molecule has 1 amide bonds. The van der Waals surface area contributed by atoms with Crippen molar-refractivity contribution >= 4 is 5.91 Å². The van der Waals surface area contributed by atoms with Crippen LogP contribution < -0.4 is 5.32 Å². The molecule has 0 aromatic carbocycles. The van der Waals surface area contributed by atoms with Crippen LogP contribution in [0, 0.1) is 0 Å². The Hall–Kier alpha value is -0.570. The van der Waals surface area contributed by atoms with E-state index in [1.807, 2.05) is 7.05 Å². The van der Waals surface area contributed by atoms with Crippen LogP contribution in [0.25, 0.3) is 0 Å². The number of hydrogen-bond donors (Lipinski definition) is 1. The van der Waals surface area contributed by atoms with Crippen molar-refractivity contribution in [2.45, 2.75) is 57.9 Å². The molecule has 1 rings (SSSR count). The lowest BCUT2D eigenvalue weighted by Crippen LogP contribution is -2.44. The minimum Gasteiger partial charge on any atom is -0.340 e. The van der Waals surface area contributed by atoms with E-state index in [1.54, 1.807) is 0 Å². The molecule has 1 N–H and O–H groups in total. The third kappa shape index (κ3) is 4.12. The normalized spacial score (nSPS) is 21.1. The van der Waals surface area contributed by atoms with Crippen LogP contribution in [0.3, 0.4) is 0 Å². The molecule has 16 heavy (non-hydrogen) atoms. The molecule has 3 nitrogen and oxygen atoms in total. The fraction of sp³-hybridized carbons (Fsp3) is 0.923. The molecule has 0 aliphatic carbocycles. The molecular formula is C13H26N2O. The minimum atomic E-state index is 0.377. The highest BCUT2D eigenvalue weighted by molar-refractivity contribution is 5.76. The van der Waals surface area contributed by atoms with E-state index in [0.29, 0.717) is 11.9 Å². The lowest BCUT2D eigenvalue weighted by atomic mass is 9.98. The molecule has 0 bridgehead atoms. The number of likely N-dealkylation sites (tertiary alicyclic amines) is 1. The van der Waals surface area contributed by atoms with Gasteiger partial charge in [0.2, 0.25) is 5.91 Å². The van der Waals surface area contributed by atoms with E-state index in [2.05, 4.69) is 17.1 Å². The molecule has 0 aromatic rings. The van der Waals surface area contributed by atoms with Crippen molar-refractivity contribution in [3.63, 3.8) is 0 Å². The van der Waals surface area contributed by atoms with Crippen molar-refractivity contribution in [2.24, 2.45) is 0 Å². The van der Waals surface area contributed by atoms with Crippen LogP contribution in [-0.2, 0) is 4.79 Å². The fourth-order valence-electron chi connectivity index (χ4n) is 2.41. The maximum absolute atomic E-state index is 12.0. The molecule has 1 atom stereocenters. The lowest BCUT2D eigenvalue weighted by Gasteiger charge is -2.36. The monoisotopic (exact) mass is 226 g/mol. The van der Waals surface area contributed by atoms with Crippen molar-refractivity contribution in [3.05, 3.63) is 0 Å². The smallest absolute Gasteiger partial charge is 0.222 e. The summed E-state index contributed by atoms with van der Waals surface area (Å²) >= 11 is 0. The second-order valence-corrected chi connectivity index (χ2v) is 4.73. The van der Waals surface area contributed by atoms with Crippen LogP contribution in [0.5, 0.6) is 0 Å². The Morgan fingerprint density at radius 3 is 2.94 bits per heavy atom. The summed E-state index contributed by atoms with van der Waals surface area (Å²) in [5, 5.41) is 3.18. The van der Waals surface area contributed by atoms with E-state index in [4.69, 9.17) is 0 Å². The van der Waals surface area contributed by atoms with Crippen LogP contribution in [0.2, 0.25) is 0 Å². The highest BCUT2D eigenvalue weighted by atomic mass is 16.2. The highest BCUT2D eigenvalue weighted by Crippen LogP contribution is 2.20. The molecular weight excluding hydrogens is 200 g/mol. The van der Waals surface area contributed by atoms with E-state index in [-0.39, 0.29) is 0 Å². The average Bonchev–Trinajstić information content (AvgIpc) is 2.33. The summed E-state index contributed by atoms with van der Waals surface area (Å²) in [6.07, 6.45) is 7.66. The van der Waals surface area contributed by atoms with Gasteiger partial charge in [0, 0.05) is 19.0 Å². The zero-order valence-electron chi connectivity index (χ0n) is 10.8. The summed E-state index contributed by atoms with van der Waals surface area (Å²) in [6.45, 7) is 4.14. The minimum absolute atomic E-state index is 0.377. The van der Waals surface area contributed by atoms with Gasteiger partial charge in [-0.1, -0.05) is 13.3 Å². The van der Waals surface area contributed by atoms with Gasteiger partial charge < -0.3 is 10.2 Å². The first-order chi connectivity index (χ1) is 7.79. The first-order valence-electron chi connectivity index (χ1n) is 6.73. The molecule has 0 aromatic heterocycles. The first kappa shape index (κ1) is 13.5. The fourth-order valence-corrected chi connectivity index (χ4v) is 2.41. The van der Waals surface area contributed by atoms with E-state index in [1.165, 1.54) is 19.3 Å². The summed E-state index contributed by atoms with van der Waals surface area (Å²) < 4.78 is 0. The molecule has 1 fully saturated rings. The van der Waals surface area contributed by atoms with Crippen molar-refractivity contribution in [1.29, 1.82) is 0 Å². The van der Waals surface area contributed by atoms with E-state index in [0.717, 1.165) is 38.8 Å². The molecule has 0 saturated carbocycles. The number of hydrogen-bond acceptors (Lipinski definition) is 2. The molecule has 94 valence electrons. The Balaban J connectivity index is 2.42. The summed E-state index contributed by atoms with van der Waals surface area (Å²) in [4.78, 5) is 14.2. The van der Waals surface area contributed by atoms with Crippen molar-refractivity contribution < 1.29 is 4.79 Å². The second kappa shape index (κ2) is 7.66. The summed E-state index contributed by atoms with van der Waals surface area (Å²) in [5.74, 6) is 0.377. The largest absolute Gasteiger partial charge is 0.340 e. The van der Waals surface area contributed by atoms with Crippen molar-refractivity contribution in [3.8, 4) is 0 Å². The number of unbranched alkanes of at least 4 members (excludes halogenated alkanes) is 1. The maximum atomic E-state index is 12.0. The molecule has 1 unspecified atom stereocenters. The highest BCUT2D eigenvalue weighted by Gasteiger charge is 2.25. The molecule has 1 aliphatic rings. The van der Waals surface area contributed by atoms with Gasteiger partial charge in [-0.3, -0.25) is 4.79 Å². The standard InChI is InChI=1S/C13H26N2O/c1-3-4-8-13(16)15-11-6-5-7-12(15)9-10-14-2/h12,14H,3-11H2,1-2H3. The topological polar surface area (TPSA) is 32.3 Å². The number of piperidine rings is 1. The van der Waals surface area contributed by atoms with Gasteiger partial charge in [-0.05, 0) is 45.7 Å². The zero-order chi connectivity index (χ0) is 11.8. The van der Waals surface area contributed by atoms with Gasteiger partial charge >= 0.3 is 0 Å². The van der Waals surface area contributed by atoms with Crippen LogP contribution in [0.1, 0.15) is 51.9 Å². The van der Waals surface area contributed by atoms with Crippen molar-refractivity contribution in [1.82, 2.24) is 10.2 Å². The Kier molecular flexibility index (Phi) is 6.46. The van der Waals surface area contributed by atoms with Crippen LogP contribution in [0.15, 0.2) is 0 Å². The molecule has 3 heteroatoms. The SMILES string of the molecule is CCCCC(=O)N1CCCCC1CCNC. The van der Waals surface area contributed by atoms with E-state index in [9.17, 15) is 4.79 Å². The molecule has 1 aliphatic heterocycles. The third-order valence-corrected chi connectivity index (χ3v) is 3.42. The van der Waals surface area contributed by atoms with Gasteiger partial charge in [0.05, 0.1) is 0 Å². The Morgan fingerprint density at radius 2 is 2.25 bits per heavy atom. The van der Waals surface area contributed by atoms with Crippen molar-refractivity contribution in [2.75, 3.05) is 20.1 Å². The van der Waals surface area contributed by atoms with Gasteiger partial charge in [-0.15, -0.1) is 0 Å². The number of amides is 1. The molecule has 1 saturated heterocycles. The predicted octanol–water partition coefficient (Wildman–Crippen LogP) is 2.17. The average molecular weight is 226 g/mol. The zero-order valence-corrected chi connectivity index (χ0v) is 10.8. The quantitative estimate of drug-likeness (QED) is 0.753. The number of carbonyl (C=O) groups is 1. The number of carbonyl (C=O) groups excluding carboxylic acids is 1. The van der Waals surface area contributed by atoms with E-state index >= 15 is 0 Å². The predicted molar refractivity (Wildman–Crippen MR) is 67.4 cm³/mol. The summed E-state index contributed by atoms with van der Waals surface area (Å²) in [6, 6.07) is 0.491. The lowest BCUT2D eigenvalue weighted by molar-refractivity contribution is -0.135. The van der Waals surface area contributed by atoms with Crippen LogP contribution in [0.4, 0.5) is 0 Å². The van der Waals surface area contributed by atoms with Gasteiger partial charge in [0.15, 0.2) is 0 Å². The summed E-state index contributed by atoms with van der Waals surface area (Å²) in [7, 11) is 1.98. The molecule has 1 heterocycles. The van der Waals surface area contributed by atoms with Gasteiger partial charge in [-0.25, -0.2) is 0 Å². The number of nitrogens with zero attached hydrogens (tertiary/aromatic N) is 1. The molecule has 0 radical (unpaired) electrons. The number of nitrogens with one attached hydrogen (secondary N) is 1. The molecule has 0 spiro atoms. The Bertz CT molecular complexity index is 206. The third-order valence-electron chi connectivity index (χ3n) is 3.42. The maximum Gasteiger partial charge on any atom is 0.222 e. The van der Waals surface area contributed by atoms with Gasteiger partial charge in [-0.2, -0.15) is 0 Å². The van der Waals surface area contributed by atoms with E-state index < -0.39 is 0 Å². The Labute approximate surface area is 99.6 Å². The van der Waals surface area contributed by atoms with Gasteiger partial charge in [0.25, 0.3) is 0 Å². The first-order valence-corrected chi connectivity index (χ1v) is 6.73. The summed E-state index contributed by atoms with van der Waals surface area (Å²) in [5.41, 5.74) is 0. The van der Waals surface area contributed by atoms with Crippen LogP contribution in [-0.4, -0.2) is 37.0 Å². The number of rotatable bonds is 6. The Morgan fingerprint density at radius 1 is 1.44 bits per heavy atom. The van der Waals surface area contributed by atoms with Crippen LogP contribution >= 0.6 is 0 Å². The second-order valence-electron chi connectivity index (χ2n) is 4.73.